The SMILES string of the molecule is COCC1CCC2(C)C(CCC3C2CCC2(C)C(C(=O)Nc4ccc(C#N)cn4)CCC32)C1. The largest absolute Gasteiger partial charge is 0.384 e. The Hall–Kier alpha value is -1.93. The van der Waals surface area contributed by atoms with E-state index >= 15 is 0 Å². The molecule has 4 aliphatic carbocycles. The molecule has 33 heavy (non-hydrogen) atoms. The van der Waals surface area contributed by atoms with Gasteiger partial charge in [-0.25, -0.2) is 4.98 Å². The number of ether oxygens (including phenoxy) is 1. The second-order valence-corrected chi connectivity index (χ2v) is 12.0. The van der Waals surface area contributed by atoms with Crippen molar-refractivity contribution in [3.8, 4) is 6.07 Å². The third-order valence-electron chi connectivity index (χ3n) is 10.6. The Bertz CT molecular complexity index is 924. The van der Waals surface area contributed by atoms with E-state index in [0.717, 1.165) is 36.7 Å². The molecule has 1 aromatic rings. The predicted octanol–water partition coefficient (Wildman–Crippen LogP) is 5.81. The highest BCUT2D eigenvalue weighted by Crippen LogP contribution is 2.67. The summed E-state index contributed by atoms with van der Waals surface area (Å²) in [4.78, 5) is 17.6. The molecule has 0 saturated heterocycles. The zero-order chi connectivity index (χ0) is 23.2. The number of rotatable bonds is 4. The van der Waals surface area contributed by atoms with Crippen LogP contribution in [0.3, 0.4) is 0 Å². The molecule has 5 heteroatoms. The van der Waals surface area contributed by atoms with Crippen LogP contribution in [0.2, 0.25) is 0 Å². The van der Waals surface area contributed by atoms with Crippen LogP contribution in [0.4, 0.5) is 5.82 Å². The Morgan fingerprint density at radius 2 is 1.91 bits per heavy atom. The molecule has 0 aromatic carbocycles. The lowest BCUT2D eigenvalue weighted by Crippen LogP contribution is -2.54. The Balaban J connectivity index is 1.30. The van der Waals surface area contributed by atoms with Gasteiger partial charge in [0, 0.05) is 25.8 Å². The molecule has 8 unspecified atom stereocenters. The fraction of sp³-hybridized carbons (Fsp3) is 0.750. The van der Waals surface area contributed by atoms with Crippen molar-refractivity contribution in [3.63, 3.8) is 0 Å². The minimum absolute atomic E-state index is 0.0591. The van der Waals surface area contributed by atoms with Gasteiger partial charge >= 0.3 is 0 Å². The highest BCUT2D eigenvalue weighted by atomic mass is 16.5. The van der Waals surface area contributed by atoms with E-state index in [9.17, 15) is 4.79 Å². The lowest BCUT2D eigenvalue weighted by atomic mass is 9.44. The fourth-order valence-corrected chi connectivity index (χ4v) is 8.91. The maximum atomic E-state index is 13.4. The summed E-state index contributed by atoms with van der Waals surface area (Å²) in [5, 5.41) is 12.0. The third-order valence-corrected chi connectivity index (χ3v) is 10.6. The Morgan fingerprint density at radius 3 is 2.64 bits per heavy atom. The van der Waals surface area contributed by atoms with Gasteiger partial charge in [0.25, 0.3) is 0 Å². The normalized spacial score (nSPS) is 41.9. The van der Waals surface area contributed by atoms with Gasteiger partial charge in [-0.15, -0.1) is 0 Å². The minimum Gasteiger partial charge on any atom is -0.384 e. The predicted molar refractivity (Wildman–Crippen MR) is 128 cm³/mol. The molecule has 4 saturated carbocycles. The number of carbonyl (C=O) groups excluding carboxylic acids is 1. The van der Waals surface area contributed by atoms with Gasteiger partial charge in [0.05, 0.1) is 5.56 Å². The van der Waals surface area contributed by atoms with Crippen LogP contribution in [0.15, 0.2) is 18.3 Å². The molecule has 8 atom stereocenters. The van der Waals surface area contributed by atoms with Gasteiger partial charge < -0.3 is 10.1 Å². The first-order chi connectivity index (χ1) is 15.9. The standard InChI is InChI=1S/C28H39N3O2/c1-27-12-10-18(17-33-3)14-20(27)5-6-21-22-7-8-24(28(22,2)13-11-23(21)27)26(32)31-25-9-4-19(15-29)16-30-25/h4,9,16,18,20-24H,5-8,10-14,17H2,1-3H3,(H,30,31,32). The molecule has 0 aliphatic heterocycles. The van der Waals surface area contributed by atoms with Crippen LogP contribution in [0, 0.1) is 57.7 Å². The van der Waals surface area contributed by atoms with Gasteiger partial charge in [0.1, 0.15) is 11.9 Å². The molecule has 0 radical (unpaired) electrons. The van der Waals surface area contributed by atoms with E-state index in [2.05, 4.69) is 30.2 Å². The minimum atomic E-state index is 0.0591. The summed E-state index contributed by atoms with van der Waals surface area (Å²) in [6.45, 7) is 5.93. The number of pyridine rings is 1. The van der Waals surface area contributed by atoms with Crippen LogP contribution in [0.25, 0.3) is 0 Å². The maximum absolute atomic E-state index is 13.4. The average Bonchev–Trinajstić information content (AvgIpc) is 3.17. The topological polar surface area (TPSA) is 75.0 Å². The number of hydrogen-bond donors (Lipinski definition) is 1. The molecule has 5 nitrogen and oxygen atoms in total. The second-order valence-electron chi connectivity index (χ2n) is 12.0. The summed E-state index contributed by atoms with van der Waals surface area (Å²) >= 11 is 0. The van der Waals surface area contributed by atoms with Crippen molar-refractivity contribution in [2.75, 3.05) is 19.0 Å². The van der Waals surface area contributed by atoms with Crippen molar-refractivity contribution < 1.29 is 9.53 Å². The van der Waals surface area contributed by atoms with Crippen LogP contribution < -0.4 is 5.32 Å². The van der Waals surface area contributed by atoms with Gasteiger partial charge in [-0.1, -0.05) is 13.8 Å². The molecule has 1 aromatic heterocycles. The number of nitriles is 1. The Morgan fingerprint density at radius 1 is 1.12 bits per heavy atom. The number of methoxy groups -OCH3 is 1. The highest BCUT2D eigenvalue weighted by Gasteiger charge is 2.61. The summed E-state index contributed by atoms with van der Waals surface area (Å²) in [7, 11) is 1.84. The molecule has 0 bridgehead atoms. The van der Waals surface area contributed by atoms with Crippen LogP contribution in [0.1, 0.15) is 77.2 Å². The molecule has 1 N–H and O–H groups in total. The number of anilines is 1. The quantitative estimate of drug-likeness (QED) is 0.629. The van der Waals surface area contributed by atoms with E-state index in [1.54, 1.807) is 12.1 Å². The van der Waals surface area contributed by atoms with Gasteiger partial charge in [0.15, 0.2) is 0 Å². The first-order valence-corrected chi connectivity index (χ1v) is 13.0. The van der Waals surface area contributed by atoms with Crippen LogP contribution >= 0.6 is 0 Å². The summed E-state index contributed by atoms with van der Waals surface area (Å²) < 4.78 is 5.50. The zero-order valence-electron chi connectivity index (χ0n) is 20.5. The fourth-order valence-electron chi connectivity index (χ4n) is 8.91. The molecule has 4 fully saturated rings. The summed E-state index contributed by atoms with van der Waals surface area (Å²) in [6.07, 6.45) is 12.9. The zero-order valence-corrected chi connectivity index (χ0v) is 20.5. The Kier molecular flexibility index (Phi) is 6.02. The average molecular weight is 450 g/mol. The lowest BCUT2D eigenvalue weighted by molar-refractivity contribution is -0.135. The molecule has 4 aliphatic rings. The molecular formula is C28H39N3O2. The van der Waals surface area contributed by atoms with E-state index in [-0.39, 0.29) is 17.2 Å². The molecule has 1 amide bonds. The van der Waals surface area contributed by atoms with Gasteiger partial charge in [-0.2, -0.15) is 5.26 Å². The van der Waals surface area contributed by atoms with Crippen molar-refractivity contribution >= 4 is 11.7 Å². The number of nitrogens with one attached hydrogen (secondary N) is 1. The van der Waals surface area contributed by atoms with Crippen molar-refractivity contribution in [2.45, 2.75) is 71.6 Å². The van der Waals surface area contributed by atoms with Crippen molar-refractivity contribution in [1.29, 1.82) is 5.26 Å². The van der Waals surface area contributed by atoms with Crippen molar-refractivity contribution in [3.05, 3.63) is 23.9 Å². The summed E-state index contributed by atoms with van der Waals surface area (Å²) in [5.74, 6) is 4.58. The molecule has 0 spiro atoms. The van der Waals surface area contributed by atoms with Gasteiger partial charge in [-0.3, -0.25) is 4.79 Å². The van der Waals surface area contributed by atoms with E-state index in [4.69, 9.17) is 10.00 Å². The maximum Gasteiger partial charge on any atom is 0.229 e. The number of fused-ring (bicyclic) bond motifs is 5. The van der Waals surface area contributed by atoms with Crippen LogP contribution in [-0.2, 0) is 9.53 Å². The number of amides is 1. The van der Waals surface area contributed by atoms with Crippen molar-refractivity contribution in [2.24, 2.45) is 46.3 Å². The molecule has 1 heterocycles. The monoisotopic (exact) mass is 449 g/mol. The first kappa shape index (κ1) is 22.8. The number of hydrogen-bond acceptors (Lipinski definition) is 4. The Labute approximate surface area is 198 Å². The third kappa shape index (κ3) is 3.79. The van der Waals surface area contributed by atoms with E-state index in [0.29, 0.717) is 22.7 Å². The molecule has 178 valence electrons. The van der Waals surface area contributed by atoms with Gasteiger partial charge in [0.2, 0.25) is 5.91 Å². The summed E-state index contributed by atoms with van der Waals surface area (Å²) in [5.41, 5.74) is 1.08. The van der Waals surface area contributed by atoms with E-state index in [1.165, 1.54) is 57.6 Å². The van der Waals surface area contributed by atoms with Crippen LogP contribution in [-0.4, -0.2) is 24.6 Å². The summed E-state index contributed by atoms with van der Waals surface area (Å²) in [6, 6.07) is 5.54. The van der Waals surface area contributed by atoms with Crippen LogP contribution in [0.5, 0.6) is 0 Å². The van der Waals surface area contributed by atoms with Gasteiger partial charge in [-0.05, 0) is 110 Å². The second kappa shape index (κ2) is 8.69. The lowest BCUT2D eigenvalue weighted by Gasteiger charge is -2.61. The van der Waals surface area contributed by atoms with E-state index < -0.39 is 0 Å². The van der Waals surface area contributed by atoms with E-state index in [1.807, 2.05) is 7.11 Å². The smallest absolute Gasteiger partial charge is 0.229 e. The van der Waals surface area contributed by atoms with Crippen molar-refractivity contribution in [1.82, 2.24) is 4.98 Å². The molecule has 5 rings (SSSR count). The number of nitrogens with zero attached hydrogens (tertiary/aromatic N) is 2. The number of aromatic nitrogens is 1. The number of carbonyl (C=O) groups is 1. The molecular weight excluding hydrogens is 410 g/mol. The first-order valence-electron chi connectivity index (χ1n) is 13.0. The highest BCUT2D eigenvalue weighted by molar-refractivity contribution is 5.92.